The van der Waals surface area contributed by atoms with Crippen LogP contribution in [0.3, 0.4) is 0 Å². The summed E-state index contributed by atoms with van der Waals surface area (Å²) in [5.74, 6) is -0.128. The van der Waals surface area contributed by atoms with E-state index in [0.717, 1.165) is 15.6 Å². The maximum absolute atomic E-state index is 12.5. The van der Waals surface area contributed by atoms with Gasteiger partial charge < -0.3 is 0 Å². The second kappa shape index (κ2) is 5.66. The Morgan fingerprint density at radius 3 is 2.26 bits per heavy atom. The molecular formula is C15H11BrCl2O. The Bertz CT molecular complexity index is 645. The van der Waals surface area contributed by atoms with Gasteiger partial charge in [-0.3, -0.25) is 4.79 Å². The van der Waals surface area contributed by atoms with E-state index >= 15 is 0 Å². The Balaban J connectivity index is 2.53. The van der Waals surface area contributed by atoms with Crippen molar-refractivity contribution in [1.82, 2.24) is 0 Å². The average molecular weight is 358 g/mol. The van der Waals surface area contributed by atoms with E-state index in [-0.39, 0.29) is 5.78 Å². The quantitative estimate of drug-likeness (QED) is 0.639. The molecule has 0 saturated carbocycles. The van der Waals surface area contributed by atoms with Crippen LogP contribution in [-0.2, 0) is 0 Å². The Hall–Kier alpha value is -0.830. The summed E-state index contributed by atoms with van der Waals surface area (Å²) in [4.78, 5) is 12.5. The lowest BCUT2D eigenvalue weighted by atomic mass is 9.99. The molecule has 2 aromatic carbocycles. The van der Waals surface area contributed by atoms with Gasteiger partial charge in [0.05, 0.1) is 5.02 Å². The summed E-state index contributed by atoms with van der Waals surface area (Å²) in [6, 6.07) is 8.73. The van der Waals surface area contributed by atoms with Crippen molar-refractivity contribution < 1.29 is 4.79 Å². The Morgan fingerprint density at radius 2 is 1.63 bits per heavy atom. The summed E-state index contributed by atoms with van der Waals surface area (Å²) in [6.45, 7) is 3.92. The van der Waals surface area contributed by atoms with E-state index in [2.05, 4.69) is 15.9 Å². The summed E-state index contributed by atoms with van der Waals surface area (Å²) in [5.41, 5.74) is 3.12. The highest BCUT2D eigenvalue weighted by Crippen LogP contribution is 2.26. The van der Waals surface area contributed by atoms with Gasteiger partial charge in [-0.15, -0.1) is 0 Å². The summed E-state index contributed by atoms with van der Waals surface area (Å²) in [6.07, 6.45) is 0. The highest BCUT2D eigenvalue weighted by Gasteiger charge is 2.15. The molecule has 0 aliphatic heterocycles. The molecule has 0 aliphatic carbocycles. The number of carbonyl (C=O) groups is 1. The van der Waals surface area contributed by atoms with Crippen molar-refractivity contribution in [3.05, 3.63) is 67.1 Å². The molecule has 0 amide bonds. The number of rotatable bonds is 2. The van der Waals surface area contributed by atoms with E-state index in [1.807, 2.05) is 26.0 Å². The van der Waals surface area contributed by atoms with Crippen molar-refractivity contribution in [3.63, 3.8) is 0 Å². The molecule has 0 atom stereocenters. The van der Waals surface area contributed by atoms with Crippen molar-refractivity contribution in [2.75, 3.05) is 0 Å². The first-order valence-corrected chi connectivity index (χ1v) is 7.21. The van der Waals surface area contributed by atoms with E-state index < -0.39 is 0 Å². The Labute approximate surface area is 130 Å². The lowest BCUT2D eigenvalue weighted by molar-refractivity contribution is 0.103. The maximum Gasteiger partial charge on any atom is 0.194 e. The van der Waals surface area contributed by atoms with Gasteiger partial charge in [0.25, 0.3) is 0 Å². The molecule has 19 heavy (non-hydrogen) atoms. The van der Waals surface area contributed by atoms with Gasteiger partial charge >= 0.3 is 0 Å². The van der Waals surface area contributed by atoms with E-state index in [1.54, 1.807) is 18.2 Å². The fourth-order valence-corrected chi connectivity index (χ4v) is 2.96. The Kier molecular flexibility index (Phi) is 4.34. The molecule has 1 nitrogen and oxygen atoms in total. The standard InChI is InChI=1S/C15H11BrCl2O/c1-8-3-13(14(18)4-9(8)2)15(19)10-5-11(16)7-12(17)6-10/h3-7H,1-2H3. The normalized spacial score (nSPS) is 10.6. The molecule has 4 heteroatoms. The molecule has 0 fully saturated rings. The fourth-order valence-electron chi connectivity index (χ4n) is 1.80. The second-order valence-corrected chi connectivity index (χ2v) is 6.16. The molecule has 0 aliphatic rings. The van der Waals surface area contributed by atoms with Gasteiger partial charge in [0, 0.05) is 20.6 Å². The number of hydrogen-bond donors (Lipinski definition) is 0. The molecule has 0 spiro atoms. The monoisotopic (exact) mass is 356 g/mol. The van der Waals surface area contributed by atoms with Crippen LogP contribution in [0.25, 0.3) is 0 Å². The van der Waals surface area contributed by atoms with Crippen molar-refractivity contribution in [3.8, 4) is 0 Å². The van der Waals surface area contributed by atoms with E-state index in [4.69, 9.17) is 23.2 Å². The zero-order valence-corrected chi connectivity index (χ0v) is 13.5. The molecule has 0 aromatic heterocycles. The van der Waals surface area contributed by atoms with Gasteiger partial charge in [-0.1, -0.05) is 39.1 Å². The van der Waals surface area contributed by atoms with Crippen LogP contribution < -0.4 is 0 Å². The molecule has 0 heterocycles. The molecule has 0 saturated heterocycles. The molecule has 0 N–H and O–H groups in total. The highest BCUT2D eigenvalue weighted by atomic mass is 79.9. The number of aryl methyl sites for hydroxylation is 2. The Morgan fingerprint density at radius 1 is 1.00 bits per heavy atom. The zero-order valence-electron chi connectivity index (χ0n) is 10.4. The molecule has 0 unspecified atom stereocenters. The number of halogens is 3. The van der Waals surface area contributed by atoms with Crippen LogP contribution in [-0.4, -0.2) is 5.78 Å². The minimum absolute atomic E-state index is 0.128. The number of hydrogen-bond acceptors (Lipinski definition) is 1. The van der Waals surface area contributed by atoms with E-state index in [9.17, 15) is 4.79 Å². The predicted octanol–water partition coefficient (Wildman–Crippen LogP) is 5.60. The van der Waals surface area contributed by atoms with Crippen LogP contribution in [0.2, 0.25) is 10.0 Å². The van der Waals surface area contributed by atoms with Crippen LogP contribution in [0.5, 0.6) is 0 Å². The minimum atomic E-state index is -0.128. The fraction of sp³-hybridized carbons (Fsp3) is 0.133. The predicted molar refractivity (Wildman–Crippen MR) is 83.5 cm³/mol. The van der Waals surface area contributed by atoms with E-state index in [0.29, 0.717) is 21.2 Å². The van der Waals surface area contributed by atoms with Gasteiger partial charge in [0.15, 0.2) is 5.78 Å². The summed E-state index contributed by atoms with van der Waals surface area (Å²) >= 11 is 15.5. The summed E-state index contributed by atoms with van der Waals surface area (Å²) in [7, 11) is 0. The number of ketones is 1. The van der Waals surface area contributed by atoms with Crippen molar-refractivity contribution >= 4 is 44.9 Å². The number of carbonyl (C=O) groups excluding carboxylic acids is 1. The third-order valence-electron chi connectivity index (χ3n) is 2.95. The lowest BCUT2D eigenvalue weighted by Gasteiger charge is -2.08. The number of benzene rings is 2. The first-order valence-electron chi connectivity index (χ1n) is 5.66. The lowest BCUT2D eigenvalue weighted by Crippen LogP contribution is -2.03. The van der Waals surface area contributed by atoms with E-state index in [1.165, 1.54) is 0 Å². The smallest absolute Gasteiger partial charge is 0.194 e. The first-order chi connectivity index (χ1) is 8.88. The molecule has 2 rings (SSSR count). The van der Waals surface area contributed by atoms with Crippen LogP contribution in [0.4, 0.5) is 0 Å². The van der Waals surface area contributed by atoms with Gasteiger partial charge in [0.1, 0.15) is 0 Å². The maximum atomic E-state index is 12.5. The SMILES string of the molecule is Cc1cc(Cl)c(C(=O)c2cc(Cl)cc(Br)c2)cc1C. The van der Waals surface area contributed by atoms with Gasteiger partial charge in [-0.2, -0.15) is 0 Å². The largest absolute Gasteiger partial charge is 0.289 e. The molecule has 2 aromatic rings. The summed E-state index contributed by atoms with van der Waals surface area (Å²) in [5, 5.41) is 0.974. The van der Waals surface area contributed by atoms with Crippen molar-refractivity contribution in [2.45, 2.75) is 13.8 Å². The van der Waals surface area contributed by atoms with Crippen LogP contribution >= 0.6 is 39.1 Å². The molecular weight excluding hydrogens is 347 g/mol. The third-order valence-corrected chi connectivity index (χ3v) is 3.94. The second-order valence-electron chi connectivity index (χ2n) is 4.40. The zero-order chi connectivity index (χ0) is 14.2. The topological polar surface area (TPSA) is 17.1 Å². The molecule has 0 radical (unpaired) electrons. The van der Waals surface area contributed by atoms with Crippen LogP contribution in [0, 0.1) is 13.8 Å². The summed E-state index contributed by atoms with van der Waals surface area (Å²) < 4.78 is 0.767. The van der Waals surface area contributed by atoms with Crippen molar-refractivity contribution in [2.24, 2.45) is 0 Å². The van der Waals surface area contributed by atoms with Gasteiger partial charge in [-0.25, -0.2) is 0 Å². The highest BCUT2D eigenvalue weighted by molar-refractivity contribution is 9.10. The third kappa shape index (κ3) is 3.19. The first kappa shape index (κ1) is 14.6. The van der Waals surface area contributed by atoms with Crippen LogP contribution in [0.1, 0.15) is 27.0 Å². The average Bonchev–Trinajstić information content (AvgIpc) is 2.31. The van der Waals surface area contributed by atoms with Gasteiger partial charge in [0.2, 0.25) is 0 Å². The minimum Gasteiger partial charge on any atom is -0.289 e. The molecule has 0 bridgehead atoms. The molecule has 98 valence electrons. The van der Waals surface area contributed by atoms with Gasteiger partial charge in [-0.05, 0) is 55.3 Å². The van der Waals surface area contributed by atoms with Crippen LogP contribution in [0.15, 0.2) is 34.8 Å². The van der Waals surface area contributed by atoms with Crippen molar-refractivity contribution in [1.29, 1.82) is 0 Å².